The van der Waals surface area contributed by atoms with Crippen LogP contribution < -0.4 is 5.32 Å². The van der Waals surface area contributed by atoms with E-state index in [1.165, 1.54) is 0 Å². The van der Waals surface area contributed by atoms with Crippen molar-refractivity contribution < 1.29 is 9.90 Å². The van der Waals surface area contributed by atoms with Crippen molar-refractivity contribution in [3.8, 4) is 0 Å². The van der Waals surface area contributed by atoms with Gasteiger partial charge in [0, 0.05) is 10.7 Å². The third-order valence-electron chi connectivity index (χ3n) is 3.25. The Labute approximate surface area is 123 Å². The van der Waals surface area contributed by atoms with Crippen LogP contribution in [-0.4, -0.2) is 11.1 Å². The SMILES string of the molecule is Cc1ccc(C(Nc2cccc(Cl)c2)C(=O)O)cc1C. The van der Waals surface area contributed by atoms with E-state index in [1.807, 2.05) is 32.0 Å². The predicted octanol–water partition coefficient (Wildman–Crippen LogP) is 4.19. The van der Waals surface area contributed by atoms with Gasteiger partial charge >= 0.3 is 5.97 Å². The molecule has 0 amide bonds. The Bertz CT molecular complexity index is 640. The second-order valence-electron chi connectivity index (χ2n) is 4.77. The lowest BCUT2D eigenvalue weighted by atomic mass is 10.0. The fourth-order valence-electron chi connectivity index (χ4n) is 1.98. The van der Waals surface area contributed by atoms with E-state index in [1.54, 1.807) is 24.3 Å². The van der Waals surface area contributed by atoms with Gasteiger partial charge in [-0.2, -0.15) is 0 Å². The van der Waals surface area contributed by atoms with Crippen LogP contribution in [-0.2, 0) is 4.79 Å². The second kappa shape index (κ2) is 5.97. The first-order valence-corrected chi connectivity index (χ1v) is 6.67. The van der Waals surface area contributed by atoms with Crippen molar-refractivity contribution in [2.24, 2.45) is 0 Å². The maximum absolute atomic E-state index is 11.5. The lowest BCUT2D eigenvalue weighted by Crippen LogP contribution is -2.20. The number of carboxylic acids is 1. The molecular formula is C16H16ClNO2. The molecule has 0 aromatic heterocycles. The highest BCUT2D eigenvalue weighted by atomic mass is 35.5. The molecule has 1 unspecified atom stereocenters. The predicted molar refractivity (Wildman–Crippen MR) is 81.4 cm³/mol. The summed E-state index contributed by atoms with van der Waals surface area (Å²) in [5.41, 5.74) is 3.62. The summed E-state index contributed by atoms with van der Waals surface area (Å²) >= 11 is 5.91. The molecule has 20 heavy (non-hydrogen) atoms. The molecule has 3 nitrogen and oxygen atoms in total. The highest BCUT2D eigenvalue weighted by Gasteiger charge is 2.20. The summed E-state index contributed by atoms with van der Waals surface area (Å²) in [4.78, 5) is 11.5. The largest absolute Gasteiger partial charge is 0.479 e. The molecular weight excluding hydrogens is 274 g/mol. The maximum atomic E-state index is 11.5. The second-order valence-corrected chi connectivity index (χ2v) is 5.21. The molecule has 0 saturated carbocycles. The molecule has 0 saturated heterocycles. The molecule has 0 aliphatic rings. The molecule has 2 aromatic rings. The third kappa shape index (κ3) is 3.31. The first-order chi connectivity index (χ1) is 9.47. The minimum atomic E-state index is -0.923. The van der Waals surface area contributed by atoms with Crippen LogP contribution in [0.4, 0.5) is 5.69 Å². The van der Waals surface area contributed by atoms with Crippen molar-refractivity contribution in [3.63, 3.8) is 0 Å². The van der Waals surface area contributed by atoms with Crippen LogP contribution in [0.15, 0.2) is 42.5 Å². The van der Waals surface area contributed by atoms with Crippen molar-refractivity contribution in [1.82, 2.24) is 0 Å². The van der Waals surface area contributed by atoms with Crippen LogP contribution in [0.5, 0.6) is 0 Å². The number of aryl methyl sites for hydroxylation is 2. The Morgan fingerprint density at radius 3 is 2.50 bits per heavy atom. The van der Waals surface area contributed by atoms with Crippen molar-refractivity contribution in [1.29, 1.82) is 0 Å². The number of anilines is 1. The molecule has 0 radical (unpaired) electrons. The van der Waals surface area contributed by atoms with Crippen LogP contribution in [0, 0.1) is 13.8 Å². The Morgan fingerprint density at radius 2 is 1.90 bits per heavy atom. The molecule has 2 aromatic carbocycles. The maximum Gasteiger partial charge on any atom is 0.330 e. The van der Waals surface area contributed by atoms with Gasteiger partial charge in [-0.3, -0.25) is 0 Å². The molecule has 2 rings (SSSR count). The van der Waals surface area contributed by atoms with Gasteiger partial charge in [-0.05, 0) is 48.7 Å². The lowest BCUT2D eigenvalue weighted by molar-refractivity contribution is -0.138. The number of carboxylic acid groups (broad SMARTS) is 1. The van der Waals surface area contributed by atoms with Gasteiger partial charge in [0.15, 0.2) is 6.04 Å². The highest BCUT2D eigenvalue weighted by molar-refractivity contribution is 6.30. The molecule has 1 atom stereocenters. The number of rotatable bonds is 4. The van der Waals surface area contributed by atoms with Crippen LogP contribution in [0.2, 0.25) is 5.02 Å². The number of carbonyl (C=O) groups is 1. The molecule has 2 N–H and O–H groups in total. The summed E-state index contributed by atoms with van der Waals surface area (Å²) in [7, 11) is 0. The number of aliphatic carboxylic acids is 1. The van der Waals surface area contributed by atoms with E-state index in [2.05, 4.69) is 5.32 Å². The van der Waals surface area contributed by atoms with Gasteiger partial charge in [-0.25, -0.2) is 4.79 Å². The van der Waals surface area contributed by atoms with E-state index in [9.17, 15) is 9.90 Å². The molecule has 0 spiro atoms. The molecule has 4 heteroatoms. The summed E-state index contributed by atoms with van der Waals surface area (Å²) in [6.45, 7) is 3.97. The van der Waals surface area contributed by atoms with Crippen molar-refractivity contribution in [3.05, 3.63) is 64.2 Å². The zero-order valence-corrected chi connectivity index (χ0v) is 12.1. The summed E-state index contributed by atoms with van der Waals surface area (Å²) in [6, 6.07) is 11.9. The smallest absolute Gasteiger partial charge is 0.330 e. The van der Waals surface area contributed by atoms with Crippen LogP contribution in [0.1, 0.15) is 22.7 Å². The van der Waals surface area contributed by atoms with Gasteiger partial charge in [0.05, 0.1) is 0 Å². The number of hydrogen-bond acceptors (Lipinski definition) is 2. The molecule has 0 aliphatic carbocycles. The topological polar surface area (TPSA) is 49.3 Å². The zero-order chi connectivity index (χ0) is 14.7. The quantitative estimate of drug-likeness (QED) is 0.887. The van der Waals surface area contributed by atoms with Gasteiger partial charge in [0.2, 0.25) is 0 Å². The van der Waals surface area contributed by atoms with E-state index in [-0.39, 0.29) is 0 Å². The number of hydrogen-bond donors (Lipinski definition) is 2. The number of halogens is 1. The Balaban J connectivity index is 2.32. The van der Waals surface area contributed by atoms with Gasteiger partial charge < -0.3 is 10.4 Å². The van der Waals surface area contributed by atoms with E-state index in [4.69, 9.17) is 11.6 Å². The van der Waals surface area contributed by atoms with E-state index in [0.717, 1.165) is 16.7 Å². The van der Waals surface area contributed by atoms with Crippen molar-refractivity contribution in [2.45, 2.75) is 19.9 Å². The van der Waals surface area contributed by atoms with Crippen molar-refractivity contribution in [2.75, 3.05) is 5.32 Å². The first kappa shape index (κ1) is 14.4. The molecule has 0 aliphatic heterocycles. The summed E-state index contributed by atoms with van der Waals surface area (Å²) in [5, 5.41) is 13.0. The monoisotopic (exact) mass is 289 g/mol. The molecule has 0 fully saturated rings. The molecule has 104 valence electrons. The fraction of sp³-hybridized carbons (Fsp3) is 0.188. The fourth-order valence-corrected chi connectivity index (χ4v) is 2.17. The minimum absolute atomic E-state index is 0.569. The Morgan fingerprint density at radius 1 is 1.15 bits per heavy atom. The number of nitrogens with one attached hydrogen (secondary N) is 1. The van der Waals surface area contributed by atoms with Gasteiger partial charge in [0.1, 0.15) is 0 Å². The van der Waals surface area contributed by atoms with Gasteiger partial charge in [0.25, 0.3) is 0 Å². The highest BCUT2D eigenvalue weighted by Crippen LogP contribution is 2.24. The minimum Gasteiger partial charge on any atom is -0.479 e. The lowest BCUT2D eigenvalue weighted by Gasteiger charge is -2.17. The summed E-state index contributed by atoms with van der Waals surface area (Å²) < 4.78 is 0. The average molecular weight is 290 g/mol. The Hall–Kier alpha value is -2.00. The summed E-state index contributed by atoms with van der Waals surface area (Å²) in [5.74, 6) is -0.923. The van der Waals surface area contributed by atoms with Crippen LogP contribution in [0.3, 0.4) is 0 Å². The third-order valence-corrected chi connectivity index (χ3v) is 3.48. The van der Waals surface area contributed by atoms with Gasteiger partial charge in [-0.1, -0.05) is 35.9 Å². The molecule has 0 bridgehead atoms. The van der Waals surface area contributed by atoms with Crippen LogP contribution >= 0.6 is 11.6 Å². The molecule has 0 heterocycles. The first-order valence-electron chi connectivity index (χ1n) is 6.29. The van der Waals surface area contributed by atoms with E-state index >= 15 is 0 Å². The zero-order valence-electron chi connectivity index (χ0n) is 11.4. The standard InChI is InChI=1S/C16H16ClNO2/c1-10-6-7-12(8-11(10)2)15(16(19)20)18-14-5-3-4-13(17)9-14/h3-9,15,18H,1-2H3,(H,19,20). The van der Waals surface area contributed by atoms with Crippen molar-refractivity contribution >= 4 is 23.3 Å². The Kier molecular flexibility index (Phi) is 4.30. The van der Waals surface area contributed by atoms with E-state index in [0.29, 0.717) is 10.7 Å². The number of benzene rings is 2. The average Bonchev–Trinajstić information content (AvgIpc) is 2.39. The van der Waals surface area contributed by atoms with Gasteiger partial charge in [-0.15, -0.1) is 0 Å². The van der Waals surface area contributed by atoms with E-state index < -0.39 is 12.0 Å². The van der Waals surface area contributed by atoms with Crippen LogP contribution in [0.25, 0.3) is 0 Å². The summed E-state index contributed by atoms with van der Waals surface area (Å²) in [6.07, 6.45) is 0. The normalized spacial score (nSPS) is 11.9.